The highest BCUT2D eigenvalue weighted by Gasteiger charge is 2.48. The van der Waals surface area contributed by atoms with Gasteiger partial charge in [-0.25, -0.2) is 0 Å². The van der Waals surface area contributed by atoms with Crippen molar-refractivity contribution in [3.8, 4) is 0 Å². The smallest absolute Gasteiger partial charge is 0.374 e. The summed E-state index contributed by atoms with van der Waals surface area (Å²) in [6.07, 6.45) is 1.27. The van der Waals surface area contributed by atoms with Crippen molar-refractivity contribution in [2.24, 2.45) is 0 Å². The Morgan fingerprint density at radius 3 is 2.44 bits per heavy atom. The Morgan fingerprint density at radius 1 is 1.38 bits per heavy atom. The summed E-state index contributed by atoms with van der Waals surface area (Å²) in [4.78, 5) is 3.59. The molecule has 0 aliphatic heterocycles. The summed E-state index contributed by atoms with van der Waals surface area (Å²) in [5.41, 5.74) is -5.57. The van der Waals surface area contributed by atoms with Crippen LogP contribution in [0.3, 0.4) is 0 Å². The van der Waals surface area contributed by atoms with Crippen LogP contribution in [0.2, 0.25) is 0 Å². The van der Waals surface area contributed by atoms with Gasteiger partial charge in [-0.1, -0.05) is 12.6 Å². The maximum Gasteiger partial charge on any atom is 0.534 e. The number of pyridine rings is 1. The van der Waals surface area contributed by atoms with Gasteiger partial charge in [0.25, 0.3) is 0 Å². The number of halogens is 3. The average Bonchev–Trinajstić information content (AvgIpc) is 2.16. The molecule has 0 spiro atoms. The van der Waals surface area contributed by atoms with Crippen LogP contribution in [0.25, 0.3) is 5.76 Å². The molecule has 0 amide bonds. The van der Waals surface area contributed by atoms with Crippen molar-refractivity contribution in [2.45, 2.75) is 5.51 Å². The minimum absolute atomic E-state index is 0.0877. The maximum atomic E-state index is 11.9. The van der Waals surface area contributed by atoms with Gasteiger partial charge in [0.1, 0.15) is 5.69 Å². The van der Waals surface area contributed by atoms with Gasteiger partial charge in [-0.2, -0.15) is 21.6 Å². The molecule has 0 saturated carbocycles. The van der Waals surface area contributed by atoms with Crippen LogP contribution in [-0.2, 0) is 14.3 Å². The van der Waals surface area contributed by atoms with E-state index in [-0.39, 0.29) is 5.69 Å². The fraction of sp³-hybridized carbons (Fsp3) is 0.125. The molecule has 4 nitrogen and oxygen atoms in total. The number of rotatable bonds is 3. The van der Waals surface area contributed by atoms with Crippen LogP contribution >= 0.6 is 0 Å². The second-order valence-electron chi connectivity index (χ2n) is 2.62. The number of aromatic nitrogens is 1. The van der Waals surface area contributed by atoms with Gasteiger partial charge in [0.15, 0.2) is 5.76 Å². The van der Waals surface area contributed by atoms with E-state index in [1.54, 1.807) is 0 Å². The van der Waals surface area contributed by atoms with Crippen molar-refractivity contribution in [1.29, 1.82) is 0 Å². The van der Waals surface area contributed by atoms with E-state index in [0.717, 1.165) is 0 Å². The van der Waals surface area contributed by atoms with Crippen LogP contribution < -0.4 is 0 Å². The Hall–Kier alpha value is -1.57. The van der Waals surface area contributed by atoms with E-state index in [1.165, 1.54) is 24.4 Å². The highest BCUT2D eigenvalue weighted by Crippen LogP contribution is 2.28. The Balaban J connectivity index is 2.89. The summed E-state index contributed by atoms with van der Waals surface area (Å²) in [7, 11) is -5.68. The zero-order valence-corrected chi connectivity index (χ0v) is 8.55. The van der Waals surface area contributed by atoms with Crippen LogP contribution in [0, 0.1) is 0 Å². The molecule has 0 unspecified atom stereocenters. The van der Waals surface area contributed by atoms with E-state index >= 15 is 0 Å². The standard InChI is InChI=1S/C8H6F3NO3S/c1-6(7-4-2-3-5-12-7)15-16(13,14)8(9,10)11/h2-5H,1H2. The predicted molar refractivity (Wildman–Crippen MR) is 49.3 cm³/mol. The van der Waals surface area contributed by atoms with E-state index in [0.29, 0.717) is 0 Å². The molecule has 0 atom stereocenters. The van der Waals surface area contributed by atoms with E-state index in [1.807, 2.05) is 0 Å². The predicted octanol–water partition coefficient (Wildman–Crippen LogP) is 1.92. The monoisotopic (exact) mass is 253 g/mol. The highest BCUT2D eigenvalue weighted by atomic mass is 32.2. The number of nitrogens with zero attached hydrogens (tertiary/aromatic N) is 1. The molecule has 16 heavy (non-hydrogen) atoms. The zero-order chi connectivity index (χ0) is 12.4. The molecular formula is C8H6F3NO3S. The van der Waals surface area contributed by atoms with Crippen molar-refractivity contribution in [2.75, 3.05) is 0 Å². The highest BCUT2D eigenvalue weighted by molar-refractivity contribution is 7.87. The number of alkyl halides is 3. The molecular weight excluding hydrogens is 247 g/mol. The van der Waals surface area contributed by atoms with Crippen LogP contribution in [0.4, 0.5) is 13.2 Å². The van der Waals surface area contributed by atoms with E-state index in [4.69, 9.17) is 0 Å². The Bertz CT molecular complexity index is 481. The SMILES string of the molecule is C=C(OS(=O)(=O)C(F)(F)F)c1ccccn1. The first-order valence-corrected chi connectivity index (χ1v) is 5.26. The molecule has 0 bridgehead atoms. The van der Waals surface area contributed by atoms with Gasteiger partial charge in [0.05, 0.1) is 0 Å². The van der Waals surface area contributed by atoms with Crippen LogP contribution in [0.5, 0.6) is 0 Å². The molecule has 0 saturated heterocycles. The second-order valence-corrected chi connectivity index (χ2v) is 4.16. The summed E-state index contributed by atoms with van der Waals surface area (Å²) < 4.78 is 60.8. The molecule has 88 valence electrons. The average molecular weight is 253 g/mol. The van der Waals surface area contributed by atoms with Crippen LogP contribution in [0.15, 0.2) is 31.0 Å². The molecule has 0 radical (unpaired) electrons. The van der Waals surface area contributed by atoms with Crippen molar-refractivity contribution in [1.82, 2.24) is 4.98 Å². The summed E-state index contributed by atoms with van der Waals surface area (Å²) in [6.45, 7) is 3.06. The molecule has 1 rings (SSSR count). The van der Waals surface area contributed by atoms with Gasteiger partial charge in [0, 0.05) is 6.20 Å². The number of hydrogen-bond donors (Lipinski definition) is 0. The minimum atomic E-state index is -5.68. The minimum Gasteiger partial charge on any atom is -0.374 e. The van der Waals surface area contributed by atoms with Crippen molar-refractivity contribution in [3.05, 3.63) is 36.7 Å². The third kappa shape index (κ3) is 2.72. The lowest BCUT2D eigenvalue weighted by molar-refractivity contribution is -0.0509. The molecule has 1 heterocycles. The molecule has 1 aromatic heterocycles. The summed E-state index contributed by atoms with van der Waals surface area (Å²) >= 11 is 0. The first-order chi connectivity index (χ1) is 7.24. The molecule has 0 N–H and O–H groups in total. The molecule has 0 fully saturated rings. The third-order valence-electron chi connectivity index (χ3n) is 1.44. The lowest BCUT2D eigenvalue weighted by Gasteiger charge is -2.10. The van der Waals surface area contributed by atoms with E-state index < -0.39 is 21.4 Å². The van der Waals surface area contributed by atoms with Gasteiger partial charge in [-0.15, -0.1) is 0 Å². The Kier molecular flexibility index (Phi) is 3.22. The van der Waals surface area contributed by atoms with E-state index in [2.05, 4.69) is 15.7 Å². The molecule has 0 aromatic carbocycles. The zero-order valence-electron chi connectivity index (χ0n) is 7.73. The Labute approximate surface area is 89.5 Å². The maximum absolute atomic E-state index is 11.9. The largest absolute Gasteiger partial charge is 0.534 e. The molecule has 0 aliphatic carbocycles. The molecule has 0 aliphatic rings. The first-order valence-electron chi connectivity index (χ1n) is 3.85. The van der Waals surface area contributed by atoms with Gasteiger partial charge in [0.2, 0.25) is 0 Å². The van der Waals surface area contributed by atoms with Gasteiger partial charge in [-0.05, 0) is 12.1 Å². The molecule has 8 heteroatoms. The van der Waals surface area contributed by atoms with Crippen molar-refractivity contribution in [3.63, 3.8) is 0 Å². The van der Waals surface area contributed by atoms with E-state index in [9.17, 15) is 21.6 Å². The fourth-order valence-electron chi connectivity index (χ4n) is 0.750. The lowest BCUT2D eigenvalue weighted by atomic mass is 10.3. The normalized spacial score (nSPS) is 12.2. The van der Waals surface area contributed by atoms with Gasteiger partial charge in [-0.3, -0.25) is 4.98 Å². The van der Waals surface area contributed by atoms with Crippen LogP contribution in [-0.4, -0.2) is 18.9 Å². The van der Waals surface area contributed by atoms with Crippen LogP contribution in [0.1, 0.15) is 5.69 Å². The summed E-state index contributed by atoms with van der Waals surface area (Å²) in [5.74, 6) is -0.682. The lowest BCUT2D eigenvalue weighted by Crippen LogP contribution is -2.25. The second kappa shape index (κ2) is 4.12. The first kappa shape index (κ1) is 12.5. The quantitative estimate of drug-likeness (QED) is 0.469. The third-order valence-corrected chi connectivity index (χ3v) is 2.43. The van der Waals surface area contributed by atoms with Crippen molar-refractivity contribution >= 4 is 15.9 Å². The van der Waals surface area contributed by atoms with Gasteiger partial charge < -0.3 is 4.18 Å². The molecule has 1 aromatic rings. The fourth-order valence-corrected chi connectivity index (χ4v) is 1.19. The number of hydrogen-bond acceptors (Lipinski definition) is 4. The summed E-state index contributed by atoms with van der Waals surface area (Å²) in [5, 5.41) is 0. The van der Waals surface area contributed by atoms with Crippen molar-refractivity contribution < 1.29 is 25.8 Å². The topological polar surface area (TPSA) is 56.3 Å². The summed E-state index contributed by atoms with van der Waals surface area (Å²) in [6, 6.07) is 4.24. The Morgan fingerprint density at radius 2 is 2.00 bits per heavy atom. The van der Waals surface area contributed by atoms with Gasteiger partial charge >= 0.3 is 15.6 Å².